The molecule has 20 heavy (non-hydrogen) atoms. The second kappa shape index (κ2) is 6.73. The molecular formula is C18H27NO. The first-order chi connectivity index (χ1) is 9.88. The van der Waals surface area contributed by atoms with E-state index in [0.717, 1.165) is 0 Å². The number of aliphatic hydroxyl groups excluding tert-OH is 1. The van der Waals surface area contributed by atoms with E-state index in [0.29, 0.717) is 30.5 Å². The van der Waals surface area contributed by atoms with Crippen molar-refractivity contribution in [3.8, 4) is 0 Å². The highest BCUT2D eigenvalue weighted by atomic mass is 16.3. The lowest BCUT2D eigenvalue weighted by Crippen LogP contribution is -2.45. The van der Waals surface area contributed by atoms with Gasteiger partial charge in [0.2, 0.25) is 0 Å². The van der Waals surface area contributed by atoms with Crippen LogP contribution in [0.4, 0.5) is 0 Å². The van der Waals surface area contributed by atoms with Gasteiger partial charge in [0.05, 0.1) is 0 Å². The molecule has 0 amide bonds. The highest BCUT2D eigenvalue weighted by Gasteiger charge is 2.32. The fraction of sp³-hybridized carbons (Fsp3) is 0.667. The molecule has 2 saturated carbocycles. The van der Waals surface area contributed by atoms with Crippen LogP contribution < -0.4 is 5.32 Å². The second-order valence-corrected chi connectivity index (χ2v) is 6.55. The van der Waals surface area contributed by atoms with Gasteiger partial charge in [-0.15, -0.1) is 0 Å². The Morgan fingerprint density at radius 1 is 0.900 bits per heavy atom. The van der Waals surface area contributed by atoms with Crippen LogP contribution in [0.15, 0.2) is 30.3 Å². The monoisotopic (exact) mass is 273 g/mol. The third-order valence-electron chi connectivity index (χ3n) is 5.32. The van der Waals surface area contributed by atoms with Gasteiger partial charge in [-0.25, -0.2) is 0 Å². The van der Waals surface area contributed by atoms with E-state index in [4.69, 9.17) is 0 Å². The quantitative estimate of drug-likeness (QED) is 0.880. The van der Waals surface area contributed by atoms with Gasteiger partial charge >= 0.3 is 0 Å². The van der Waals surface area contributed by atoms with Crippen molar-refractivity contribution >= 4 is 0 Å². The average Bonchev–Trinajstić information content (AvgIpc) is 2.96. The molecule has 0 radical (unpaired) electrons. The molecule has 0 aliphatic heterocycles. The van der Waals surface area contributed by atoms with Gasteiger partial charge in [0.25, 0.3) is 0 Å². The van der Waals surface area contributed by atoms with Crippen molar-refractivity contribution in [1.82, 2.24) is 5.32 Å². The van der Waals surface area contributed by atoms with Crippen LogP contribution >= 0.6 is 0 Å². The zero-order valence-electron chi connectivity index (χ0n) is 12.3. The zero-order chi connectivity index (χ0) is 13.8. The van der Waals surface area contributed by atoms with Crippen molar-refractivity contribution in [1.29, 1.82) is 0 Å². The minimum Gasteiger partial charge on any atom is -0.396 e. The molecule has 4 atom stereocenters. The topological polar surface area (TPSA) is 32.3 Å². The van der Waals surface area contributed by atoms with Crippen LogP contribution in [0.1, 0.15) is 56.4 Å². The molecule has 0 heterocycles. The van der Waals surface area contributed by atoms with Crippen LogP contribution in [0, 0.1) is 5.92 Å². The van der Waals surface area contributed by atoms with Gasteiger partial charge in [-0.05, 0) is 43.1 Å². The lowest BCUT2D eigenvalue weighted by atomic mass is 9.79. The van der Waals surface area contributed by atoms with Crippen molar-refractivity contribution in [2.75, 3.05) is 6.61 Å². The molecule has 2 aliphatic carbocycles. The molecule has 1 aromatic carbocycles. The third-order valence-corrected chi connectivity index (χ3v) is 5.32. The van der Waals surface area contributed by atoms with Gasteiger partial charge in [0.15, 0.2) is 0 Å². The summed E-state index contributed by atoms with van der Waals surface area (Å²) in [6.07, 6.45) is 8.99. The molecule has 2 heteroatoms. The fourth-order valence-electron chi connectivity index (χ4n) is 4.18. The first-order valence-electron chi connectivity index (χ1n) is 8.30. The zero-order valence-corrected chi connectivity index (χ0v) is 12.3. The molecule has 2 N–H and O–H groups in total. The molecule has 1 aromatic rings. The van der Waals surface area contributed by atoms with Gasteiger partial charge in [-0.2, -0.15) is 0 Å². The van der Waals surface area contributed by atoms with E-state index in [1.165, 1.54) is 50.5 Å². The lowest BCUT2D eigenvalue weighted by molar-refractivity contribution is 0.188. The molecule has 0 aromatic heterocycles. The summed E-state index contributed by atoms with van der Waals surface area (Å²) >= 11 is 0. The van der Waals surface area contributed by atoms with Crippen LogP contribution in [-0.4, -0.2) is 23.8 Å². The predicted molar refractivity (Wildman–Crippen MR) is 82.8 cm³/mol. The fourth-order valence-corrected chi connectivity index (χ4v) is 4.18. The molecule has 0 saturated heterocycles. The summed E-state index contributed by atoms with van der Waals surface area (Å²) in [5.41, 5.74) is 1.49. The van der Waals surface area contributed by atoms with Gasteiger partial charge in [-0.1, -0.05) is 49.6 Å². The van der Waals surface area contributed by atoms with Crippen LogP contribution in [0.5, 0.6) is 0 Å². The van der Waals surface area contributed by atoms with E-state index in [-0.39, 0.29) is 0 Å². The normalized spacial score (nSPS) is 34.2. The molecular weight excluding hydrogens is 246 g/mol. The Balaban J connectivity index is 1.69. The lowest BCUT2D eigenvalue weighted by Gasteiger charge is -2.36. The first-order valence-corrected chi connectivity index (χ1v) is 8.30. The highest BCUT2D eigenvalue weighted by molar-refractivity contribution is 5.22. The summed E-state index contributed by atoms with van der Waals surface area (Å²) in [6, 6.07) is 12.1. The minimum absolute atomic E-state index is 0.348. The molecule has 0 bridgehead atoms. The van der Waals surface area contributed by atoms with Crippen molar-refractivity contribution in [2.45, 2.75) is 62.9 Å². The van der Waals surface area contributed by atoms with Crippen LogP contribution in [-0.2, 0) is 0 Å². The molecule has 0 spiro atoms. The van der Waals surface area contributed by atoms with Gasteiger partial charge < -0.3 is 10.4 Å². The van der Waals surface area contributed by atoms with Gasteiger partial charge in [-0.3, -0.25) is 0 Å². The number of benzene rings is 1. The maximum Gasteiger partial charge on any atom is 0.0474 e. The molecule has 4 unspecified atom stereocenters. The Morgan fingerprint density at radius 2 is 1.65 bits per heavy atom. The average molecular weight is 273 g/mol. The number of rotatable bonds is 4. The summed E-state index contributed by atoms with van der Waals surface area (Å²) in [4.78, 5) is 0. The third kappa shape index (κ3) is 3.07. The van der Waals surface area contributed by atoms with E-state index in [1.54, 1.807) is 0 Å². The Labute approximate surface area is 122 Å². The summed E-state index contributed by atoms with van der Waals surface area (Å²) in [7, 11) is 0. The smallest absolute Gasteiger partial charge is 0.0474 e. The summed E-state index contributed by atoms with van der Waals surface area (Å²) < 4.78 is 0. The Morgan fingerprint density at radius 3 is 2.45 bits per heavy atom. The van der Waals surface area contributed by atoms with Crippen LogP contribution in [0.2, 0.25) is 0 Å². The summed E-state index contributed by atoms with van der Waals surface area (Å²) in [6.45, 7) is 0.348. The standard InChI is InChI=1S/C18H27NO/c20-13-15-9-6-12-17(15)19-18-11-5-4-10-16(18)14-7-2-1-3-8-14/h1-3,7-8,15-20H,4-6,9-13H2. The second-order valence-electron chi connectivity index (χ2n) is 6.55. The van der Waals surface area contributed by atoms with E-state index in [2.05, 4.69) is 35.6 Å². The summed E-state index contributed by atoms with van der Waals surface area (Å²) in [5, 5.41) is 13.4. The Kier molecular flexibility index (Phi) is 4.74. The van der Waals surface area contributed by atoms with E-state index < -0.39 is 0 Å². The minimum atomic E-state index is 0.348. The molecule has 110 valence electrons. The maximum atomic E-state index is 9.51. The molecule has 2 fully saturated rings. The van der Waals surface area contributed by atoms with E-state index >= 15 is 0 Å². The van der Waals surface area contributed by atoms with Crippen LogP contribution in [0.3, 0.4) is 0 Å². The largest absolute Gasteiger partial charge is 0.396 e. The number of nitrogens with one attached hydrogen (secondary N) is 1. The Bertz CT molecular complexity index is 405. The van der Waals surface area contributed by atoms with Crippen molar-refractivity contribution in [3.05, 3.63) is 35.9 Å². The highest BCUT2D eigenvalue weighted by Crippen LogP contribution is 2.35. The predicted octanol–water partition coefficient (Wildman–Crippen LogP) is 3.46. The number of aliphatic hydroxyl groups is 1. The Hall–Kier alpha value is -0.860. The van der Waals surface area contributed by atoms with Gasteiger partial charge in [0.1, 0.15) is 0 Å². The van der Waals surface area contributed by atoms with Crippen molar-refractivity contribution < 1.29 is 5.11 Å². The van der Waals surface area contributed by atoms with Crippen molar-refractivity contribution in [2.24, 2.45) is 5.92 Å². The SMILES string of the molecule is OCC1CCCC1NC1CCCCC1c1ccccc1. The van der Waals surface area contributed by atoms with Gasteiger partial charge in [0, 0.05) is 18.7 Å². The number of hydrogen-bond acceptors (Lipinski definition) is 2. The maximum absolute atomic E-state index is 9.51. The first kappa shape index (κ1) is 14.1. The molecule has 2 aliphatic rings. The van der Waals surface area contributed by atoms with E-state index in [1.807, 2.05) is 0 Å². The van der Waals surface area contributed by atoms with Crippen LogP contribution in [0.25, 0.3) is 0 Å². The summed E-state index contributed by atoms with van der Waals surface area (Å²) in [5.74, 6) is 1.14. The van der Waals surface area contributed by atoms with E-state index in [9.17, 15) is 5.11 Å². The number of hydrogen-bond donors (Lipinski definition) is 2. The molecule has 2 nitrogen and oxygen atoms in total. The molecule has 3 rings (SSSR count). The van der Waals surface area contributed by atoms with Crippen molar-refractivity contribution in [3.63, 3.8) is 0 Å².